The Morgan fingerprint density at radius 1 is 1.08 bits per heavy atom. The first-order chi connectivity index (χ1) is 12.2. The number of nitrogens with zero attached hydrogens (tertiary/aromatic N) is 2. The maximum absolute atomic E-state index is 12.9. The van der Waals surface area contributed by atoms with E-state index < -0.39 is 0 Å². The summed E-state index contributed by atoms with van der Waals surface area (Å²) in [6.45, 7) is 0.975. The number of ether oxygens (including phenoxy) is 1. The lowest BCUT2D eigenvalue weighted by Gasteiger charge is -2.38. The van der Waals surface area contributed by atoms with Crippen molar-refractivity contribution in [3.8, 4) is 5.88 Å². The standard InChI is InChI=1S/C19H16FN3O2/c20-14-6-8-15(9-7-14)21-19(24)23-11-16(12-23)25-18-10-5-13-3-1-2-4-17(13)22-18/h1-10,16H,11-12H2,(H,21,24). The summed E-state index contributed by atoms with van der Waals surface area (Å²) in [7, 11) is 0. The van der Waals surface area contributed by atoms with Crippen molar-refractivity contribution in [2.45, 2.75) is 6.10 Å². The van der Waals surface area contributed by atoms with E-state index in [2.05, 4.69) is 10.3 Å². The van der Waals surface area contributed by atoms with Crippen LogP contribution >= 0.6 is 0 Å². The SMILES string of the molecule is O=C(Nc1ccc(F)cc1)N1CC(Oc2ccc3ccccc3n2)C1. The van der Waals surface area contributed by atoms with E-state index in [1.807, 2.05) is 36.4 Å². The van der Waals surface area contributed by atoms with Gasteiger partial charge in [0.2, 0.25) is 5.88 Å². The van der Waals surface area contributed by atoms with Gasteiger partial charge in [-0.1, -0.05) is 18.2 Å². The molecule has 3 aromatic rings. The van der Waals surface area contributed by atoms with Gasteiger partial charge in [0.25, 0.3) is 0 Å². The Kier molecular flexibility index (Phi) is 3.93. The molecule has 0 aliphatic carbocycles. The van der Waals surface area contributed by atoms with Gasteiger partial charge in [0.15, 0.2) is 0 Å². The molecule has 6 heteroatoms. The van der Waals surface area contributed by atoms with Crippen LogP contribution in [0.25, 0.3) is 10.9 Å². The molecule has 0 radical (unpaired) electrons. The summed E-state index contributed by atoms with van der Waals surface area (Å²) in [4.78, 5) is 18.2. The summed E-state index contributed by atoms with van der Waals surface area (Å²) < 4.78 is 18.7. The molecule has 5 nitrogen and oxygen atoms in total. The van der Waals surface area contributed by atoms with E-state index in [0.29, 0.717) is 24.7 Å². The smallest absolute Gasteiger partial charge is 0.322 e. The molecular weight excluding hydrogens is 321 g/mol. The van der Waals surface area contributed by atoms with E-state index in [0.717, 1.165) is 10.9 Å². The fourth-order valence-electron chi connectivity index (χ4n) is 2.70. The van der Waals surface area contributed by atoms with E-state index in [-0.39, 0.29) is 18.0 Å². The first-order valence-electron chi connectivity index (χ1n) is 8.01. The van der Waals surface area contributed by atoms with Crippen LogP contribution in [0.15, 0.2) is 60.7 Å². The molecular formula is C19H16FN3O2. The fourth-order valence-corrected chi connectivity index (χ4v) is 2.70. The number of benzene rings is 2. The van der Waals surface area contributed by atoms with Gasteiger partial charge in [-0.2, -0.15) is 0 Å². The third kappa shape index (κ3) is 3.38. The van der Waals surface area contributed by atoms with Crippen LogP contribution in [0, 0.1) is 5.82 Å². The molecule has 1 fully saturated rings. The van der Waals surface area contributed by atoms with Crippen LogP contribution in [0.1, 0.15) is 0 Å². The summed E-state index contributed by atoms with van der Waals surface area (Å²) >= 11 is 0. The van der Waals surface area contributed by atoms with E-state index in [1.165, 1.54) is 24.3 Å². The minimum absolute atomic E-state index is 0.0763. The van der Waals surface area contributed by atoms with Crippen molar-refractivity contribution >= 4 is 22.6 Å². The average molecular weight is 337 g/mol. The van der Waals surface area contributed by atoms with Crippen molar-refractivity contribution in [2.24, 2.45) is 0 Å². The van der Waals surface area contributed by atoms with Gasteiger partial charge in [0.05, 0.1) is 18.6 Å². The number of hydrogen-bond donors (Lipinski definition) is 1. The minimum Gasteiger partial charge on any atom is -0.471 e. The van der Waals surface area contributed by atoms with Crippen molar-refractivity contribution in [1.82, 2.24) is 9.88 Å². The number of aromatic nitrogens is 1. The molecule has 2 heterocycles. The van der Waals surface area contributed by atoms with Crippen LogP contribution in [0.3, 0.4) is 0 Å². The molecule has 1 N–H and O–H groups in total. The van der Waals surface area contributed by atoms with Gasteiger partial charge < -0.3 is 15.0 Å². The number of likely N-dealkylation sites (tertiary alicyclic amines) is 1. The predicted molar refractivity (Wildman–Crippen MR) is 93.2 cm³/mol. The van der Waals surface area contributed by atoms with Crippen LogP contribution < -0.4 is 10.1 Å². The van der Waals surface area contributed by atoms with E-state index in [1.54, 1.807) is 4.90 Å². The van der Waals surface area contributed by atoms with Crippen LogP contribution in [-0.2, 0) is 0 Å². The maximum Gasteiger partial charge on any atom is 0.322 e. The molecule has 0 unspecified atom stereocenters. The Hall–Kier alpha value is -3.15. The number of pyridine rings is 1. The number of carbonyl (C=O) groups excluding carboxylic acids is 1. The van der Waals surface area contributed by atoms with Crippen molar-refractivity contribution < 1.29 is 13.9 Å². The largest absolute Gasteiger partial charge is 0.471 e. The lowest BCUT2D eigenvalue weighted by molar-refractivity contribution is 0.0463. The van der Waals surface area contributed by atoms with Gasteiger partial charge >= 0.3 is 6.03 Å². The number of fused-ring (bicyclic) bond motifs is 1. The number of nitrogens with one attached hydrogen (secondary N) is 1. The Morgan fingerprint density at radius 3 is 2.64 bits per heavy atom. The Morgan fingerprint density at radius 2 is 1.84 bits per heavy atom. The molecule has 0 atom stereocenters. The lowest BCUT2D eigenvalue weighted by atomic mass is 10.2. The van der Waals surface area contributed by atoms with Gasteiger partial charge in [0.1, 0.15) is 11.9 Å². The highest BCUT2D eigenvalue weighted by molar-refractivity contribution is 5.89. The molecule has 0 bridgehead atoms. The first kappa shape index (κ1) is 15.4. The normalized spacial score (nSPS) is 14.2. The Balaban J connectivity index is 1.32. The number of hydrogen-bond acceptors (Lipinski definition) is 3. The monoisotopic (exact) mass is 337 g/mol. The van der Waals surface area contributed by atoms with Gasteiger partial charge in [0, 0.05) is 17.1 Å². The molecule has 1 aromatic heterocycles. The molecule has 2 aromatic carbocycles. The van der Waals surface area contributed by atoms with Crippen molar-refractivity contribution in [1.29, 1.82) is 0 Å². The van der Waals surface area contributed by atoms with E-state index in [9.17, 15) is 9.18 Å². The summed E-state index contributed by atoms with van der Waals surface area (Å²) in [5.74, 6) is 0.223. The second kappa shape index (κ2) is 6.39. The summed E-state index contributed by atoms with van der Waals surface area (Å²) in [6.07, 6.45) is -0.0763. The summed E-state index contributed by atoms with van der Waals surface area (Å²) in [6, 6.07) is 17.1. The zero-order chi connectivity index (χ0) is 17.2. The van der Waals surface area contributed by atoms with E-state index >= 15 is 0 Å². The van der Waals surface area contributed by atoms with Crippen LogP contribution in [0.5, 0.6) is 5.88 Å². The number of para-hydroxylation sites is 1. The minimum atomic E-state index is -0.335. The molecule has 126 valence electrons. The molecule has 25 heavy (non-hydrogen) atoms. The molecule has 1 aliphatic rings. The van der Waals surface area contributed by atoms with Gasteiger partial charge in [-0.15, -0.1) is 0 Å². The van der Waals surface area contributed by atoms with Crippen LogP contribution in [0.2, 0.25) is 0 Å². The summed E-state index contributed by atoms with van der Waals surface area (Å²) in [5.41, 5.74) is 1.44. The zero-order valence-corrected chi connectivity index (χ0v) is 13.4. The van der Waals surface area contributed by atoms with Gasteiger partial charge in [-0.05, 0) is 36.4 Å². The maximum atomic E-state index is 12.9. The Bertz CT molecular complexity index is 908. The van der Waals surface area contributed by atoms with Crippen LogP contribution in [0.4, 0.5) is 14.9 Å². The number of rotatable bonds is 3. The number of urea groups is 1. The highest BCUT2D eigenvalue weighted by Crippen LogP contribution is 2.21. The van der Waals surface area contributed by atoms with Gasteiger partial charge in [-0.3, -0.25) is 0 Å². The molecule has 0 spiro atoms. The second-order valence-corrected chi connectivity index (χ2v) is 5.92. The third-order valence-corrected chi connectivity index (χ3v) is 4.09. The molecule has 1 aliphatic heterocycles. The van der Waals surface area contributed by atoms with Crippen LogP contribution in [-0.4, -0.2) is 35.1 Å². The molecule has 4 rings (SSSR count). The van der Waals surface area contributed by atoms with Crippen molar-refractivity contribution in [3.05, 3.63) is 66.5 Å². The fraction of sp³-hybridized carbons (Fsp3) is 0.158. The van der Waals surface area contributed by atoms with E-state index in [4.69, 9.17) is 4.74 Å². The first-order valence-corrected chi connectivity index (χ1v) is 8.01. The van der Waals surface area contributed by atoms with Crippen molar-refractivity contribution in [2.75, 3.05) is 18.4 Å². The lowest BCUT2D eigenvalue weighted by Crippen LogP contribution is -2.57. The number of amides is 2. The quantitative estimate of drug-likeness (QED) is 0.793. The third-order valence-electron chi connectivity index (χ3n) is 4.09. The van der Waals surface area contributed by atoms with Crippen molar-refractivity contribution in [3.63, 3.8) is 0 Å². The molecule has 2 amide bonds. The number of carbonyl (C=O) groups is 1. The summed E-state index contributed by atoms with van der Waals surface area (Å²) in [5, 5.41) is 3.79. The second-order valence-electron chi connectivity index (χ2n) is 5.92. The average Bonchev–Trinajstić information content (AvgIpc) is 2.59. The highest BCUT2D eigenvalue weighted by Gasteiger charge is 2.32. The molecule has 0 saturated carbocycles. The van der Waals surface area contributed by atoms with Gasteiger partial charge in [-0.25, -0.2) is 14.2 Å². The zero-order valence-electron chi connectivity index (χ0n) is 13.4. The topological polar surface area (TPSA) is 54.5 Å². The number of halogens is 1. The number of anilines is 1. The highest BCUT2D eigenvalue weighted by atomic mass is 19.1. The predicted octanol–water partition coefficient (Wildman–Crippen LogP) is 3.67. The molecule has 1 saturated heterocycles. The Labute approximate surface area is 144 Å².